The summed E-state index contributed by atoms with van der Waals surface area (Å²) in [7, 11) is 0. The number of hydrogen-bond acceptors (Lipinski definition) is 6. The third-order valence-electron chi connectivity index (χ3n) is 5.31. The molecule has 1 aromatic carbocycles. The Hall–Kier alpha value is -2.32. The lowest BCUT2D eigenvalue weighted by Crippen LogP contribution is -2.42. The first-order valence-corrected chi connectivity index (χ1v) is 9.44. The SMILES string of the molecule is O=C(NCc1cccc2c1OCO2)[C@H]1CC(=O)N(CCN2CCOCC2)C1. The summed E-state index contributed by atoms with van der Waals surface area (Å²) in [4.78, 5) is 28.9. The van der Waals surface area contributed by atoms with Crippen molar-refractivity contribution < 1.29 is 23.8 Å². The van der Waals surface area contributed by atoms with Crippen molar-refractivity contribution >= 4 is 11.8 Å². The molecule has 0 radical (unpaired) electrons. The number of hydrogen-bond donors (Lipinski definition) is 1. The van der Waals surface area contributed by atoms with E-state index in [1.54, 1.807) is 4.90 Å². The van der Waals surface area contributed by atoms with E-state index in [-0.39, 0.29) is 30.9 Å². The maximum atomic E-state index is 12.5. The molecule has 0 spiro atoms. The van der Waals surface area contributed by atoms with Crippen LogP contribution in [-0.2, 0) is 20.9 Å². The highest BCUT2D eigenvalue weighted by Crippen LogP contribution is 2.35. The first-order chi connectivity index (χ1) is 13.2. The lowest BCUT2D eigenvalue weighted by molar-refractivity contribution is -0.129. The number of likely N-dealkylation sites (tertiary alicyclic amines) is 1. The van der Waals surface area contributed by atoms with E-state index < -0.39 is 0 Å². The van der Waals surface area contributed by atoms with Gasteiger partial charge in [-0.2, -0.15) is 0 Å². The van der Waals surface area contributed by atoms with E-state index in [1.807, 2.05) is 18.2 Å². The summed E-state index contributed by atoms with van der Waals surface area (Å²) < 4.78 is 16.2. The third kappa shape index (κ3) is 4.17. The van der Waals surface area contributed by atoms with Gasteiger partial charge in [-0.05, 0) is 6.07 Å². The highest BCUT2D eigenvalue weighted by Gasteiger charge is 2.34. The zero-order valence-corrected chi connectivity index (χ0v) is 15.3. The van der Waals surface area contributed by atoms with Crippen molar-refractivity contribution in [3.63, 3.8) is 0 Å². The van der Waals surface area contributed by atoms with Gasteiger partial charge >= 0.3 is 0 Å². The first kappa shape index (κ1) is 18.1. The molecule has 0 bridgehead atoms. The van der Waals surface area contributed by atoms with Gasteiger partial charge in [0.15, 0.2) is 11.5 Å². The second-order valence-corrected chi connectivity index (χ2v) is 7.06. The average molecular weight is 375 g/mol. The van der Waals surface area contributed by atoms with E-state index in [9.17, 15) is 9.59 Å². The summed E-state index contributed by atoms with van der Waals surface area (Å²) >= 11 is 0. The fraction of sp³-hybridized carbons (Fsp3) is 0.579. The van der Waals surface area contributed by atoms with Crippen LogP contribution in [0, 0.1) is 5.92 Å². The molecule has 0 aromatic heterocycles. The van der Waals surface area contributed by atoms with E-state index >= 15 is 0 Å². The molecule has 3 heterocycles. The summed E-state index contributed by atoms with van der Waals surface area (Å²) in [5, 5.41) is 2.94. The second-order valence-electron chi connectivity index (χ2n) is 7.06. The normalized spacial score (nSPS) is 22.3. The molecule has 8 heteroatoms. The Morgan fingerprint density at radius 2 is 2.04 bits per heavy atom. The van der Waals surface area contributed by atoms with E-state index in [0.717, 1.165) is 38.4 Å². The molecule has 3 aliphatic rings. The van der Waals surface area contributed by atoms with Gasteiger partial charge in [0.2, 0.25) is 18.6 Å². The van der Waals surface area contributed by atoms with Crippen LogP contribution in [0.4, 0.5) is 0 Å². The minimum Gasteiger partial charge on any atom is -0.454 e. The zero-order chi connectivity index (χ0) is 18.6. The Morgan fingerprint density at radius 3 is 2.89 bits per heavy atom. The Morgan fingerprint density at radius 1 is 1.19 bits per heavy atom. The van der Waals surface area contributed by atoms with Crippen molar-refractivity contribution in [3.05, 3.63) is 23.8 Å². The lowest BCUT2D eigenvalue weighted by atomic mass is 10.1. The molecular weight excluding hydrogens is 350 g/mol. The smallest absolute Gasteiger partial charge is 0.231 e. The standard InChI is InChI=1S/C19H25N3O5/c23-17-10-15(12-22(17)5-4-21-6-8-25-9-7-21)19(24)20-11-14-2-1-3-16-18(14)27-13-26-16/h1-3,15H,4-13H2,(H,20,24)/t15-/m0/s1. The minimum absolute atomic E-state index is 0.0562. The van der Waals surface area contributed by atoms with Gasteiger partial charge in [-0.1, -0.05) is 12.1 Å². The largest absolute Gasteiger partial charge is 0.454 e. The van der Waals surface area contributed by atoms with E-state index in [2.05, 4.69) is 10.2 Å². The molecule has 1 atom stereocenters. The maximum absolute atomic E-state index is 12.5. The average Bonchev–Trinajstić information content (AvgIpc) is 3.32. The summed E-state index contributed by atoms with van der Waals surface area (Å²) in [6, 6.07) is 5.62. The molecule has 2 fully saturated rings. The van der Waals surface area contributed by atoms with Crippen LogP contribution in [0.5, 0.6) is 11.5 Å². The number of nitrogens with zero attached hydrogens (tertiary/aromatic N) is 2. The highest BCUT2D eigenvalue weighted by atomic mass is 16.7. The van der Waals surface area contributed by atoms with Gasteiger partial charge in [-0.15, -0.1) is 0 Å². The topological polar surface area (TPSA) is 80.3 Å². The molecule has 27 heavy (non-hydrogen) atoms. The summed E-state index contributed by atoms with van der Waals surface area (Å²) in [5.41, 5.74) is 0.881. The molecule has 2 amide bonds. The van der Waals surface area contributed by atoms with Gasteiger partial charge in [0.05, 0.1) is 19.1 Å². The molecular formula is C19H25N3O5. The third-order valence-corrected chi connectivity index (χ3v) is 5.31. The van der Waals surface area contributed by atoms with Crippen LogP contribution in [0.15, 0.2) is 18.2 Å². The first-order valence-electron chi connectivity index (χ1n) is 9.44. The van der Waals surface area contributed by atoms with Gasteiger partial charge in [0, 0.05) is 51.3 Å². The Balaban J connectivity index is 1.26. The van der Waals surface area contributed by atoms with Gasteiger partial charge in [0.25, 0.3) is 0 Å². The van der Waals surface area contributed by atoms with Gasteiger partial charge < -0.3 is 24.4 Å². The maximum Gasteiger partial charge on any atom is 0.231 e. The number of carbonyl (C=O) groups excluding carboxylic acids is 2. The molecule has 8 nitrogen and oxygen atoms in total. The van der Waals surface area contributed by atoms with E-state index in [0.29, 0.717) is 31.1 Å². The predicted molar refractivity (Wildman–Crippen MR) is 96.4 cm³/mol. The van der Waals surface area contributed by atoms with Gasteiger partial charge in [0.1, 0.15) is 0 Å². The number of morpholine rings is 1. The fourth-order valence-electron chi connectivity index (χ4n) is 3.71. The molecule has 4 rings (SSSR count). The molecule has 146 valence electrons. The van der Waals surface area contributed by atoms with Crippen molar-refractivity contribution in [1.82, 2.24) is 15.1 Å². The zero-order valence-electron chi connectivity index (χ0n) is 15.3. The number of ether oxygens (including phenoxy) is 3. The number of nitrogens with one attached hydrogen (secondary N) is 1. The predicted octanol–water partition coefficient (Wildman–Crippen LogP) is 0.212. The number of rotatable bonds is 6. The number of fused-ring (bicyclic) bond motifs is 1. The van der Waals surface area contributed by atoms with Crippen LogP contribution < -0.4 is 14.8 Å². The summed E-state index contributed by atoms with van der Waals surface area (Å²) in [6.45, 7) is 5.85. The number of benzene rings is 1. The molecule has 2 saturated heterocycles. The van der Waals surface area contributed by atoms with Crippen LogP contribution >= 0.6 is 0 Å². The Kier molecular flexibility index (Phi) is 5.45. The Labute approximate surface area is 158 Å². The number of amides is 2. The minimum atomic E-state index is -0.295. The summed E-state index contributed by atoms with van der Waals surface area (Å²) in [5.74, 6) is 1.06. The molecule has 3 aliphatic heterocycles. The molecule has 0 aliphatic carbocycles. The number of para-hydroxylation sites is 1. The molecule has 0 unspecified atom stereocenters. The molecule has 1 N–H and O–H groups in total. The van der Waals surface area contributed by atoms with Crippen LogP contribution in [0.1, 0.15) is 12.0 Å². The van der Waals surface area contributed by atoms with Gasteiger partial charge in [-0.3, -0.25) is 14.5 Å². The van der Waals surface area contributed by atoms with Crippen molar-refractivity contribution in [2.75, 3.05) is 52.7 Å². The fourth-order valence-corrected chi connectivity index (χ4v) is 3.71. The Bertz CT molecular complexity index is 705. The van der Waals surface area contributed by atoms with Gasteiger partial charge in [-0.25, -0.2) is 0 Å². The summed E-state index contributed by atoms with van der Waals surface area (Å²) in [6.07, 6.45) is 0.279. The highest BCUT2D eigenvalue weighted by molar-refractivity contribution is 5.89. The van der Waals surface area contributed by atoms with Crippen LogP contribution in [0.25, 0.3) is 0 Å². The second kappa shape index (κ2) is 8.14. The lowest BCUT2D eigenvalue weighted by Gasteiger charge is -2.28. The monoisotopic (exact) mass is 375 g/mol. The molecule has 0 saturated carbocycles. The molecule has 1 aromatic rings. The van der Waals surface area contributed by atoms with Crippen molar-refractivity contribution in [2.24, 2.45) is 5.92 Å². The van der Waals surface area contributed by atoms with Crippen LogP contribution in [0.3, 0.4) is 0 Å². The van der Waals surface area contributed by atoms with Crippen molar-refractivity contribution in [1.29, 1.82) is 0 Å². The van der Waals surface area contributed by atoms with Crippen molar-refractivity contribution in [2.45, 2.75) is 13.0 Å². The van der Waals surface area contributed by atoms with E-state index in [1.165, 1.54) is 0 Å². The van der Waals surface area contributed by atoms with Crippen LogP contribution in [0.2, 0.25) is 0 Å². The van der Waals surface area contributed by atoms with Crippen molar-refractivity contribution in [3.8, 4) is 11.5 Å². The van der Waals surface area contributed by atoms with Crippen LogP contribution in [-0.4, -0.2) is 74.3 Å². The van der Waals surface area contributed by atoms with E-state index in [4.69, 9.17) is 14.2 Å². The quantitative estimate of drug-likeness (QED) is 0.766. The number of carbonyl (C=O) groups is 2.